The number of carboxylic acid groups (broad SMARTS) is 1. The zero-order chi connectivity index (χ0) is 13.0. The summed E-state index contributed by atoms with van der Waals surface area (Å²) in [6, 6.07) is 3.59. The van der Waals surface area contributed by atoms with Crippen molar-refractivity contribution in [2.45, 2.75) is 25.7 Å². The number of carbonyl (C=O) groups excluding carboxylic acids is 1. The maximum Gasteiger partial charge on any atom is 0.311 e. The Bertz CT molecular complexity index is 441. The molecule has 0 aliphatic heterocycles. The third-order valence-electron chi connectivity index (χ3n) is 3.48. The standard InChI is InChI=1S/C13H16N2O3/c16-11(7-10-3-1-6-14-8-10)15-9-13(12(17)18)4-2-5-13/h1,3,6,8H,2,4-5,7,9H2,(H,15,16)(H,17,18). The number of rotatable bonds is 5. The van der Waals surface area contributed by atoms with Crippen molar-refractivity contribution in [2.75, 3.05) is 6.54 Å². The van der Waals surface area contributed by atoms with Gasteiger partial charge in [0.25, 0.3) is 0 Å². The first kappa shape index (κ1) is 12.5. The van der Waals surface area contributed by atoms with Crippen molar-refractivity contribution in [1.29, 1.82) is 0 Å². The average molecular weight is 248 g/mol. The molecule has 0 spiro atoms. The van der Waals surface area contributed by atoms with Crippen LogP contribution in [0.15, 0.2) is 24.5 Å². The lowest BCUT2D eigenvalue weighted by atomic mass is 9.69. The molecular formula is C13H16N2O3. The number of aromatic nitrogens is 1. The molecule has 0 aromatic carbocycles. The van der Waals surface area contributed by atoms with Crippen LogP contribution in [-0.2, 0) is 16.0 Å². The molecule has 1 saturated carbocycles. The Kier molecular flexibility index (Phi) is 3.60. The van der Waals surface area contributed by atoms with Gasteiger partial charge in [0.1, 0.15) is 0 Å². The van der Waals surface area contributed by atoms with E-state index in [1.165, 1.54) is 0 Å². The van der Waals surface area contributed by atoms with Crippen LogP contribution in [0.2, 0.25) is 0 Å². The molecule has 1 aliphatic carbocycles. The Balaban J connectivity index is 1.83. The number of nitrogens with zero attached hydrogens (tertiary/aromatic N) is 1. The highest BCUT2D eigenvalue weighted by atomic mass is 16.4. The summed E-state index contributed by atoms with van der Waals surface area (Å²) >= 11 is 0. The van der Waals surface area contributed by atoms with E-state index in [0.29, 0.717) is 12.8 Å². The molecule has 1 amide bonds. The largest absolute Gasteiger partial charge is 0.481 e. The van der Waals surface area contributed by atoms with E-state index in [-0.39, 0.29) is 18.9 Å². The average Bonchev–Trinajstić information content (AvgIpc) is 2.28. The summed E-state index contributed by atoms with van der Waals surface area (Å²) in [5, 5.41) is 11.8. The molecule has 1 aromatic heterocycles. The van der Waals surface area contributed by atoms with Gasteiger partial charge in [0, 0.05) is 18.9 Å². The minimum atomic E-state index is -0.810. The monoisotopic (exact) mass is 248 g/mol. The van der Waals surface area contributed by atoms with Crippen LogP contribution in [0.1, 0.15) is 24.8 Å². The van der Waals surface area contributed by atoms with E-state index < -0.39 is 11.4 Å². The predicted molar refractivity (Wildman–Crippen MR) is 64.9 cm³/mol. The van der Waals surface area contributed by atoms with Gasteiger partial charge in [0.15, 0.2) is 0 Å². The number of pyridine rings is 1. The van der Waals surface area contributed by atoms with Gasteiger partial charge in [-0.05, 0) is 24.5 Å². The molecule has 1 heterocycles. The topological polar surface area (TPSA) is 79.3 Å². The first-order valence-corrected chi connectivity index (χ1v) is 6.01. The SMILES string of the molecule is O=C(Cc1cccnc1)NCC1(C(=O)O)CCC1. The van der Waals surface area contributed by atoms with Gasteiger partial charge in [-0.25, -0.2) is 0 Å². The fourth-order valence-corrected chi connectivity index (χ4v) is 2.09. The lowest BCUT2D eigenvalue weighted by Crippen LogP contribution is -2.47. The van der Waals surface area contributed by atoms with E-state index in [2.05, 4.69) is 10.3 Å². The fraction of sp³-hybridized carbons (Fsp3) is 0.462. The normalized spacial score (nSPS) is 16.7. The van der Waals surface area contributed by atoms with Crippen LogP contribution in [0.3, 0.4) is 0 Å². The number of nitrogens with one attached hydrogen (secondary N) is 1. The molecule has 2 N–H and O–H groups in total. The van der Waals surface area contributed by atoms with E-state index in [1.807, 2.05) is 6.07 Å². The highest BCUT2D eigenvalue weighted by Gasteiger charge is 2.44. The Morgan fingerprint density at radius 2 is 2.22 bits per heavy atom. The van der Waals surface area contributed by atoms with Crippen molar-refractivity contribution in [3.8, 4) is 0 Å². The molecule has 1 fully saturated rings. The molecule has 96 valence electrons. The fourth-order valence-electron chi connectivity index (χ4n) is 2.09. The van der Waals surface area contributed by atoms with Crippen LogP contribution < -0.4 is 5.32 Å². The highest BCUT2D eigenvalue weighted by molar-refractivity contribution is 5.81. The van der Waals surface area contributed by atoms with Crippen molar-refractivity contribution < 1.29 is 14.7 Å². The summed E-state index contributed by atoms with van der Waals surface area (Å²) in [5.41, 5.74) is 0.0953. The number of aliphatic carboxylic acids is 1. The van der Waals surface area contributed by atoms with Crippen molar-refractivity contribution in [2.24, 2.45) is 5.41 Å². The van der Waals surface area contributed by atoms with E-state index in [9.17, 15) is 9.59 Å². The van der Waals surface area contributed by atoms with E-state index in [4.69, 9.17) is 5.11 Å². The minimum Gasteiger partial charge on any atom is -0.481 e. The van der Waals surface area contributed by atoms with Gasteiger partial charge in [-0.15, -0.1) is 0 Å². The van der Waals surface area contributed by atoms with Gasteiger partial charge >= 0.3 is 5.97 Å². The molecule has 1 aromatic rings. The van der Waals surface area contributed by atoms with Crippen LogP contribution in [0.25, 0.3) is 0 Å². The second kappa shape index (κ2) is 5.16. The third-order valence-corrected chi connectivity index (χ3v) is 3.48. The molecule has 0 radical (unpaired) electrons. The summed E-state index contributed by atoms with van der Waals surface area (Å²) in [4.78, 5) is 26.7. The Labute approximate surface area is 105 Å². The van der Waals surface area contributed by atoms with Gasteiger partial charge < -0.3 is 10.4 Å². The molecule has 5 heteroatoms. The molecule has 18 heavy (non-hydrogen) atoms. The number of hydrogen-bond acceptors (Lipinski definition) is 3. The van der Waals surface area contributed by atoms with Crippen LogP contribution in [-0.4, -0.2) is 28.5 Å². The van der Waals surface area contributed by atoms with Crippen molar-refractivity contribution in [3.63, 3.8) is 0 Å². The van der Waals surface area contributed by atoms with Crippen LogP contribution in [0.5, 0.6) is 0 Å². The number of amides is 1. The zero-order valence-corrected chi connectivity index (χ0v) is 10.1. The Morgan fingerprint density at radius 1 is 1.44 bits per heavy atom. The third kappa shape index (κ3) is 2.67. The molecule has 0 saturated heterocycles. The van der Waals surface area contributed by atoms with Crippen LogP contribution in [0.4, 0.5) is 0 Å². The minimum absolute atomic E-state index is 0.157. The number of carboxylic acids is 1. The molecule has 0 unspecified atom stereocenters. The van der Waals surface area contributed by atoms with E-state index >= 15 is 0 Å². The van der Waals surface area contributed by atoms with Gasteiger partial charge in [0.2, 0.25) is 5.91 Å². The molecule has 0 atom stereocenters. The molecule has 1 aliphatic rings. The summed E-state index contributed by atoms with van der Waals surface area (Å²) in [7, 11) is 0. The quantitative estimate of drug-likeness (QED) is 0.814. The summed E-state index contributed by atoms with van der Waals surface area (Å²) in [6.07, 6.45) is 5.74. The molecule has 2 rings (SSSR count). The van der Waals surface area contributed by atoms with E-state index in [0.717, 1.165) is 12.0 Å². The Hall–Kier alpha value is -1.91. The first-order valence-electron chi connectivity index (χ1n) is 6.01. The maximum absolute atomic E-state index is 11.7. The number of hydrogen-bond donors (Lipinski definition) is 2. The van der Waals surface area contributed by atoms with Crippen molar-refractivity contribution >= 4 is 11.9 Å². The first-order chi connectivity index (χ1) is 8.62. The van der Waals surface area contributed by atoms with E-state index in [1.54, 1.807) is 18.5 Å². The molecule has 5 nitrogen and oxygen atoms in total. The summed E-state index contributed by atoms with van der Waals surface area (Å²) in [6.45, 7) is 0.224. The second-order valence-electron chi connectivity index (χ2n) is 4.75. The maximum atomic E-state index is 11.7. The second-order valence-corrected chi connectivity index (χ2v) is 4.75. The predicted octanol–water partition coefficient (Wildman–Crippen LogP) is 0.995. The zero-order valence-electron chi connectivity index (χ0n) is 10.1. The lowest BCUT2D eigenvalue weighted by Gasteiger charge is -2.37. The lowest BCUT2D eigenvalue weighted by molar-refractivity contribution is -0.154. The van der Waals surface area contributed by atoms with Gasteiger partial charge in [-0.1, -0.05) is 12.5 Å². The molecule has 0 bridgehead atoms. The van der Waals surface area contributed by atoms with Crippen LogP contribution in [0, 0.1) is 5.41 Å². The summed E-state index contributed by atoms with van der Waals surface area (Å²) in [5.74, 6) is -0.967. The van der Waals surface area contributed by atoms with Crippen LogP contribution >= 0.6 is 0 Å². The summed E-state index contributed by atoms with van der Waals surface area (Å²) < 4.78 is 0. The Morgan fingerprint density at radius 3 is 2.72 bits per heavy atom. The van der Waals surface area contributed by atoms with Gasteiger partial charge in [0.05, 0.1) is 11.8 Å². The van der Waals surface area contributed by atoms with Crippen molar-refractivity contribution in [1.82, 2.24) is 10.3 Å². The highest BCUT2D eigenvalue weighted by Crippen LogP contribution is 2.40. The van der Waals surface area contributed by atoms with Gasteiger partial charge in [-0.2, -0.15) is 0 Å². The van der Waals surface area contributed by atoms with Crippen molar-refractivity contribution in [3.05, 3.63) is 30.1 Å². The number of carbonyl (C=O) groups is 2. The molecular weight excluding hydrogens is 232 g/mol. The smallest absolute Gasteiger partial charge is 0.311 e. The van der Waals surface area contributed by atoms with Gasteiger partial charge in [-0.3, -0.25) is 14.6 Å².